The molecule has 0 bridgehead atoms. The number of rotatable bonds is 3. The molecule has 1 aliphatic rings. The summed E-state index contributed by atoms with van der Waals surface area (Å²) in [6.07, 6.45) is 2.99. The number of thiophene rings is 1. The van der Waals surface area contributed by atoms with Gasteiger partial charge in [-0.15, -0.1) is 11.3 Å². The van der Waals surface area contributed by atoms with Crippen molar-refractivity contribution in [3.63, 3.8) is 0 Å². The third-order valence-electron chi connectivity index (χ3n) is 5.56. The average Bonchev–Trinajstić information content (AvgIpc) is 3.45. The summed E-state index contributed by atoms with van der Waals surface area (Å²) >= 11 is 1.51. The molecular formula is C22H16FN5OS. The lowest BCUT2D eigenvalue weighted by Gasteiger charge is -2.19. The zero-order valence-electron chi connectivity index (χ0n) is 15.6. The highest BCUT2D eigenvalue weighted by atomic mass is 32.1. The van der Waals surface area contributed by atoms with E-state index in [0.717, 1.165) is 21.3 Å². The molecule has 4 aromatic heterocycles. The monoisotopic (exact) mass is 417 g/mol. The standard InChI is InChI=1S/C22H16FN5OS/c23-12-8-15-16(10-25-19(15)24-9-12)21-27-20(14-5-6-30-22(14)28-21)26-18-13-4-2-1-3-11(13)7-17(18)29/h1-6,8-10,17-18,29H,7H2,(H,24,25)(H,26,27,28)/t17-,18+/m1/s1. The van der Waals surface area contributed by atoms with Gasteiger partial charge >= 0.3 is 0 Å². The van der Waals surface area contributed by atoms with Crippen LogP contribution in [0.3, 0.4) is 0 Å². The van der Waals surface area contributed by atoms with Crippen molar-refractivity contribution in [2.75, 3.05) is 5.32 Å². The summed E-state index contributed by atoms with van der Waals surface area (Å²) in [4.78, 5) is 17.4. The van der Waals surface area contributed by atoms with Crippen LogP contribution in [0.25, 0.3) is 32.6 Å². The molecule has 1 aliphatic carbocycles. The zero-order chi connectivity index (χ0) is 20.2. The molecule has 0 saturated heterocycles. The molecule has 0 unspecified atom stereocenters. The molecule has 6 rings (SSSR count). The number of pyridine rings is 1. The normalized spacial score (nSPS) is 18.2. The molecule has 148 valence electrons. The molecule has 0 aliphatic heterocycles. The van der Waals surface area contributed by atoms with Crippen molar-refractivity contribution in [3.8, 4) is 11.4 Å². The molecule has 5 aromatic rings. The van der Waals surface area contributed by atoms with Gasteiger partial charge in [-0.3, -0.25) is 0 Å². The fraction of sp³-hybridized carbons (Fsp3) is 0.136. The van der Waals surface area contributed by atoms with Crippen LogP contribution in [0.4, 0.5) is 10.2 Å². The van der Waals surface area contributed by atoms with Gasteiger partial charge in [0.05, 0.1) is 23.7 Å². The van der Waals surface area contributed by atoms with Crippen LogP contribution in [-0.4, -0.2) is 31.1 Å². The van der Waals surface area contributed by atoms with E-state index in [1.54, 1.807) is 6.20 Å². The van der Waals surface area contributed by atoms with Gasteiger partial charge in [-0.05, 0) is 28.6 Å². The number of aromatic amines is 1. The van der Waals surface area contributed by atoms with E-state index in [0.29, 0.717) is 34.7 Å². The second-order valence-electron chi connectivity index (χ2n) is 7.38. The Labute approximate surface area is 174 Å². The first-order valence-electron chi connectivity index (χ1n) is 9.58. The molecule has 2 atom stereocenters. The van der Waals surface area contributed by atoms with Gasteiger partial charge in [0.1, 0.15) is 22.1 Å². The van der Waals surface area contributed by atoms with Gasteiger partial charge in [-0.1, -0.05) is 24.3 Å². The summed E-state index contributed by atoms with van der Waals surface area (Å²) in [6, 6.07) is 11.2. The van der Waals surface area contributed by atoms with Gasteiger partial charge in [0.25, 0.3) is 0 Å². The van der Waals surface area contributed by atoms with Gasteiger partial charge in [0.15, 0.2) is 5.82 Å². The van der Waals surface area contributed by atoms with Crippen molar-refractivity contribution in [2.45, 2.75) is 18.6 Å². The van der Waals surface area contributed by atoms with E-state index in [4.69, 9.17) is 9.97 Å². The van der Waals surface area contributed by atoms with Gasteiger partial charge < -0.3 is 15.4 Å². The van der Waals surface area contributed by atoms with Crippen molar-refractivity contribution in [1.29, 1.82) is 0 Å². The predicted octanol–water partition coefficient (Wildman–Crippen LogP) is 4.44. The highest BCUT2D eigenvalue weighted by Gasteiger charge is 2.31. The first-order valence-corrected chi connectivity index (χ1v) is 10.5. The highest BCUT2D eigenvalue weighted by molar-refractivity contribution is 7.16. The summed E-state index contributed by atoms with van der Waals surface area (Å²) in [5.41, 5.74) is 3.47. The average molecular weight is 417 g/mol. The molecule has 30 heavy (non-hydrogen) atoms. The van der Waals surface area contributed by atoms with E-state index < -0.39 is 11.9 Å². The van der Waals surface area contributed by atoms with Crippen molar-refractivity contribution in [2.24, 2.45) is 0 Å². The van der Waals surface area contributed by atoms with Crippen LogP contribution in [0.15, 0.2) is 54.2 Å². The number of nitrogens with one attached hydrogen (secondary N) is 2. The topological polar surface area (TPSA) is 86.7 Å². The minimum atomic E-state index is -0.541. The van der Waals surface area contributed by atoms with Crippen molar-refractivity contribution >= 4 is 38.4 Å². The maximum atomic E-state index is 13.8. The van der Waals surface area contributed by atoms with Crippen molar-refractivity contribution < 1.29 is 9.50 Å². The molecule has 0 fully saturated rings. The summed E-state index contributed by atoms with van der Waals surface area (Å²) < 4.78 is 13.8. The van der Waals surface area contributed by atoms with E-state index in [1.165, 1.54) is 23.6 Å². The van der Waals surface area contributed by atoms with Gasteiger partial charge in [0, 0.05) is 23.6 Å². The van der Waals surface area contributed by atoms with Crippen LogP contribution < -0.4 is 5.32 Å². The van der Waals surface area contributed by atoms with E-state index in [-0.39, 0.29) is 6.04 Å². The van der Waals surface area contributed by atoms with Crippen LogP contribution in [0, 0.1) is 5.82 Å². The number of anilines is 1. The molecule has 0 spiro atoms. The minimum Gasteiger partial charge on any atom is -0.390 e. The van der Waals surface area contributed by atoms with E-state index in [2.05, 4.69) is 15.3 Å². The third kappa shape index (κ3) is 2.68. The smallest absolute Gasteiger partial charge is 0.165 e. The number of aliphatic hydroxyl groups is 1. The minimum absolute atomic E-state index is 0.255. The third-order valence-corrected chi connectivity index (χ3v) is 6.37. The number of aliphatic hydroxyl groups excluding tert-OH is 1. The predicted molar refractivity (Wildman–Crippen MR) is 115 cm³/mol. The van der Waals surface area contributed by atoms with E-state index in [1.807, 2.05) is 35.7 Å². The molecule has 0 radical (unpaired) electrons. The molecule has 4 heterocycles. The molecule has 0 saturated carbocycles. The van der Waals surface area contributed by atoms with Crippen LogP contribution in [0.5, 0.6) is 0 Å². The Balaban J connectivity index is 1.49. The number of hydrogen-bond donors (Lipinski definition) is 3. The molecule has 6 nitrogen and oxygen atoms in total. The largest absolute Gasteiger partial charge is 0.390 e. The second-order valence-corrected chi connectivity index (χ2v) is 8.27. The van der Waals surface area contributed by atoms with Crippen LogP contribution >= 0.6 is 11.3 Å². The summed E-state index contributed by atoms with van der Waals surface area (Å²) in [6.45, 7) is 0. The fourth-order valence-corrected chi connectivity index (χ4v) is 4.91. The molecule has 3 N–H and O–H groups in total. The second kappa shape index (κ2) is 6.58. The number of H-pyrrole nitrogens is 1. The van der Waals surface area contributed by atoms with Crippen LogP contribution in [0.2, 0.25) is 0 Å². The number of aromatic nitrogens is 4. The van der Waals surface area contributed by atoms with Gasteiger partial charge in [-0.2, -0.15) is 0 Å². The Hall–Kier alpha value is -3.36. The number of nitrogens with zero attached hydrogens (tertiary/aromatic N) is 3. The Kier molecular flexibility index (Phi) is 3.84. The number of benzene rings is 1. The number of halogens is 1. The Morgan fingerprint density at radius 1 is 1.17 bits per heavy atom. The van der Waals surface area contributed by atoms with Crippen molar-refractivity contribution in [3.05, 3.63) is 71.1 Å². The number of fused-ring (bicyclic) bond motifs is 3. The SMILES string of the molecule is O[C@@H]1Cc2ccccc2[C@@H]1Nc1nc(-c2c[nH]c3ncc(F)cc23)nc2sccc12. The maximum absolute atomic E-state index is 13.8. The van der Waals surface area contributed by atoms with Crippen molar-refractivity contribution in [1.82, 2.24) is 19.9 Å². The highest BCUT2D eigenvalue weighted by Crippen LogP contribution is 2.37. The lowest BCUT2D eigenvalue weighted by atomic mass is 10.1. The fourth-order valence-electron chi connectivity index (χ4n) is 4.14. The van der Waals surface area contributed by atoms with Gasteiger partial charge in [-0.25, -0.2) is 19.3 Å². The van der Waals surface area contributed by atoms with E-state index in [9.17, 15) is 9.50 Å². The van der Waals surface area contributed by atoms with E-state index >= 15 is 0 Å². The molecule has 0 amide bonds. The Morgan fingerprint density at radius 3 is 3.00 bits per heavy atom. The lowest BCUT2D eigenvalue weighted by Crippen LogP contribution is -2.22. The summed E-state index contributed by atoms with van der Waals surface area (Å²) in [5, 5.41) is 17.6. The first kappa shape index (κ1) is 17.5. The van der Waals surface area contributed by atoms with Crippen LogP contribution in [-0.2, 0) is 6.42 Å². The quantitative estimate of drug-likeness (QED) is 0.404. The Morgan fingerprint density at radius 2 is 2.07 bits per heavy atom. The number of hydrogen-bond acceptors (Lipinski definition) is 6. The first-order chi connectivity index (χ1) is 14.7. The molecule has 1 aromatic carbocycles. The van der Waals surface area contributed by atoms with Gasteiger partial charge in [0.2, 0.25) is 0 Å². The maximum Gasteiger partial charge on any atom is 0.165 e. The summed E-state index contributed by atoms with van der Waals surface area (Å²) in [7, 11) is 0. The summed E-state index contributed by atoms with van der Waals surface area (Å²) in [5.74, 6) is 0.715. The zero-order valence-corrected chi connectivity index (χ0v) is 16.4. The Bertz CT molecular complexity index is 1410. The lowest BCUT2D eigenvalue weighted by molar-refractivity contribution is 0.165. The van der Waals surface area contributed by atoms with Crippen LogP contribution in [0.1, 0.15) is 17.2 Å². The molecule has 8 heteroatoms. The molecular weight excluding hydrogens is 401 g/mol.